The Morgan fingerprint density at radius 2 is 2.21 bits per heavy atom. The third-order valence-electron chi connectivity index (χ3n) is 3.38. The van der Waals surface area contributed by atoms with E-state index in [2.05, 4.69) is 26.9 Å². The standard InChI is InChI=1S/C14H14ClN3S/c15-12-9-5-4-8-11(12)13-16-17-14(19)18(13)10-6-2-1-3-7-10/h2,4-6,8-10H,1,3,7H2,(H,17,19)/t10-/m0/s1. The predicted octanol–water partition coefficient (Wildman–Crippen LogP) is 4.54. The number of halogens is 1. The zero-order valence-electron chi connectivity index (χ0n) is 10.3. The van der Waals surface area contributed by atoms with Crippen molar-refractivity contribution < 1.29 is 0 Å². The molecule has 0 saturated heterocycles. The van der Waals surface area contributed by atoms with Crippen molar-refractivity contribution in [3.8, 4) is 11.4 Å². The van der Waals surface area contributed by atoms with E-state index in [9.17, 15) is 0 Å². The summed E-state index contributed by atoms with van der Waals surface area (Å²) in [5.74, 6) is 0.812. The second-order valence-corrected chi connectivity index (χ2v) is 5.42. The van der Waals surface area contributed by atoms with E-state index in [4.69, 9.17) is 23.8 Å². The molecule has 1 aliphatic rings. The summed E-state index contributed by atoms with van der Waals surface area (Å²) in [6, 6.07) is 7.98. The Balaban J connectivity index is 2.13. The third-order valence-corrected chi connectivity index (χ3v) is 4.00. The maximum atomic E-state index is 6.26. The molecular weight excluding hydrogens is 278 g/mol. The SMILES string of the molecule is S=c1[nH]nc(-c2ccccc2Cl)n1[C@H]1C=CCCC1. The van der Waals surface area contributed by atoms with Gasteiger partial charge in [0, 0.05) is 5.56 Å². The van der Waals surface area contributed by atoms with Crippen LogP contribution in [-0.4, -0.2) is 14.8 Å². The van der Waals surface area contributed by atoms with Gasteiger partial charge < -0.3 is 0 Å². The molecule has 3 rings (SSSR count). The number of hydrogen-bond acceptors (Lipinski definition) is 2. The largest absolute Gasteiger partial charge is 0.293 e. The van der Waals surface area contributed by atoms with Gasteiger partial charge in [-0.25, -0.2) is 0 Å². The Morgan fingerprint density at radius 1 is 1.37 bits per heavy atom. The zero-order chi connectivity index (χ0) is 13.2. The molecule has 0 unspecified atom stereocenters. The molecule has 3 nitrogen and oxygen atoms in total. The molecule has 1 aliphatic carbocycles. The lowest BCUT2D eigenvalue weighted by atomic mass is 10.0. The van der Waals surface area contributed by atoms with Crippen molar-refractivity contribution in [1.82, 2.24) is 14.8 Å². The van der Waals surface area contributed by atoms with E-state index in [1.165, 1.54) is 6.42 Å². The molecule has 1 atom stereocenters. The van der Waals surface area contributed by atoms with Gasteiger partial charge in [0.25, 0.3) is 0 Å². The van der Waals surface area contributed by atoms with Crippen LogP contribution in [0.3, 0.4) is 0 Å². The number of aromatic amines is 1. The number of allylic oxidation sites excluding steroid dienone is 2. The molecule has 1 aromatic heterocycles. The summed E-state index contributed by atoms with van der Waals surface area (Å²) in [4.78, 5) is 0. The lowest BCUT2D eigenvalue weighted by molar-refractivity contribution is 0.516. The van der Waals surface area contributed by atoms with Gasteiger partial charge in [0.05, 0.1) is 11.1 Å². The highest BCUT2D eigenvalue weighted by Gasteiger charge is 2.18. The average molecular weight is 292 g/mol. The molecule has 5 heteroatoms. The second kappa shape index (κ2) is 5.31. The van der Waals surface area contributed by atoms with Gasteiger partial charge in [-0.3, -0.25) is 9.67 Å². The van der Waals surface area contributed by atoms with E-state index in [1.54, 1.807) is 0 Å². The number of hydrogen-bond donors (Lipinski definition) is 1. The molecule has 0 amide bonds. The number of nitrogens with zero attached hydrogens (tertiary/aromatic N) is 2. The maximum Gasteiger partial charge on any atom is 0.196 e. The second-order valence-electron chi connectivity index (χ2n) is 4.63. The van der Waals surface area contributed by atoms with E-state index in [0.717, 1.165) is 24.2 Å². The minimum absolute atomic E-state index is 0.270. The summed E-state index contributed by atoms with van der Waals surface area (Å²) in [7, 11) is 0. The van der Waals surface area contributed by atoms with Crippen LogP contribution in [0.2, 0.25) is 5.02 Å². The van der Waals surface area contributed by atoms with Crippen LogP contribution in [0.15, 0.2) is 36.4 Å². The Kier molecular flexibility index (Phi) is 3.53. The molecule has 1 aromatic carbocycles. The fourth-order valence-electron chi connectivity index (χ4n) is 2.45. The van der Waals surface area contributed by atoms with Crippen molar-refractivity contribution in [2.24, 2.45) is 0 Å². The Bertz CT molecular complexity index is 671. The fourth-order valence-corrected chi connectivity index (χ4v) is 2.94. The van der Waals surface area contributed by atoms with Gasteiger partial charge in [0.15, 0.2) is 10.6 Å². The topological polar surface area (TPSA) is 33.6 Å². The third kappa shape index (κ3) is 2.38. The summed E-state index contributed by atoms with van der Waals surface area (Å²) in [6.45, 7) is 0. The van der Waals surface area contributed by atoms with Gasteiger partial charge in [0.2, 0.25) is 0 Å². The fraction of sp³-hybridized carbons (Fsp3) is 0.286. The van der Waals surface area contributed by atoms with E-state index >= 15 is 0 Å². The number of rotatable bonds is 2. The van der Waals surface area contributed by atoms with Crippen LogP contribution >= 0.6 is 23.8 Å². The summed E-state index contributed by atoms with van der Waals surface area (Å²) >= 11 is 11.6. The summed E-state index contributed by atoms with van der Waals surface area (Å²) in [5, 5.41) is 7.93. The molecule has 1 N–H and O–H groups in total. The van der Waals surface area contributed by atoms with Crippen LogP contribution in [0.4, 0.5) is 0 Å². The molecule has 98 valence electrons. The first-order valence-corrected chi connectivity index (χ1v) is 7.14. The summed E-state index contributed by atoms with van der Waals surface area (Å²) in [5.41, 5.74) is 0.912. The molecule has 0 saturated carbocycles. The number of benzene rings is 1. The minimum atomic E-state index is 0.270. The molecule has 19 heavy (non-hydrogen) atoms. The summed E-state index contributed by atoms with van der Waals surface area (Å²) < 4.78 is 2.71. The van der Waals surface area contributed by atoms with Crippen molar-refractivity contribution in [3.05, 3.63) is 46.2 Å². The first kappa shape index (κ1) is 12.6. The van der Waals surface area contributed by atoms with E-state index in [1.807, 2.05) is 24.3 Å². The maximum absolute atomic E-state index is 6.26. The van der Waals surface area contributed by atoms with Gasteiger partial charge in [-0.2, -0.15) is 5.10 Å². The predicted molar refractivity (Wildman–Crippen MR) is 79.9 cm³/mol. The van der Waals surface area contributed by atoms with E-state index in [0.29, 0.717) is 9.79 Å². The highest BCUT2D eigenvalue weighted by atomic mass is 35.5. The quantitative estimate of drug-likeness (QED) is 0.651. The lowest BCUT2D eigenvalue weighted by Crippen LogP contribution is -2.10. The Morgan fingerprint density at radius 3 is 2.95 bits per heavy atom. The molecule has 0 bridgehead atoms. The molecule has 1 heterocycles. The van der Waals surface area contributed by atoms with Gasteiger partial charge in [-0.15, -0.1) is 0 Å². The highest BCUT2D eigenvalue weighted by Crippen LogP contribution is 2.31. The number of H-pyrrole nitrogens is 1. The minimum Gasteiger partial charge on any atom is -0.293 e. The Labute approximate surface area is 121 Å². The highest BCUT2D eigenvalue weighted by molar-refractivity contribution is 7.71. The molecule has 0 fully saturated rings. The Hall–Kier alpha value is -1.39. The molecule has 2 aromatic rings. The van der Waals surface area contributed by atoms with Crippen LogP contribution in [0.1, 0.15) is 25.3 Å². The molecule has 0 radical (unpaired) electrons. The van der Waals surface area contributed by atoms with Gasteiger partial charge in [-0.05, 0) is 43.6 Å². The number of aromatic nitrogens is 3. The monoisotopic (exact) mass is 291 g/mol. The van der Waals surface area contributed by atoms with Crippen LogP contribution in [0.5, 0.6) is 0 Å². The molecular formula is C14H14ClN3S. The first-order chi connectivity index (χ1) is 9.27. The van der Waals surface area contributed by atoms with Crippen LogP contribution in [-0.2, 0) is 0 Å². The summed E-state index contributed by atoms with van der Waals surface area (Å²) in [6.07, 6.45) is 7.81. The lowest BCUT2D eigenvalue weighted by Gasteiger charge is -2.19. The van der Waals surface area contributed by atoms with Gasteiger partial charge >= 0.3 is 0 Å². The van der Waals surface area contributed by atoms with Crippen LogP contribution < -0.4 is 0 Å². The average Bonchev–Trinajstić information content (AvgIpc) is 2.82. The first-order valence-electron chi connectivity index (χ1n) is 6.36. The van der Waals surface area contributed by atoms with Crippen LogP contribution in [0.25, 0.3) is 11.4 Å². The zero-order valence-corrected chi connectivity index (χ0v) is 11.9. The van der Waals surface area contributed by atoms with E-state index < -0.39 is 0 Å². The van der Waals surface area contributed by atoms with Crippen molar-refractivity contribution in [2.75, 3.05) is 0 Å². The van der Waals surface area contributed by atoms with Crippen molar-refractivity contribution in [1.29, 1.82) is 0 Å². The van der Waals surface area contributed by atoms with Crippen molar-refractivity contribution in [3.63, 3.8) is 0 Å². The van der Waals surface area contributed by atoms with E-state index in [-0.39, 0.29) is 6.04 Å². The molecule has 0 aliphatic heterocycles. The normalized spacial score (nSPS) is 18.7. The van der Waals surface area contributed by atoms with Gasteiger partial charge in [0.1, 0.15) is 0 Å². The van der Waals surface area contributed by atoms with Gasteiger partial charge in [-0.1, -0.05) is 35.9 Å². The van der Waals surface area contributed by atoms with Crippen LogP contribution in [0, 0.1) is 4.77 Å². The van der Waals surface area contributed by atoms with Crippen molar-refractivity contribution in [2.45, 2.75) is 25.3 Å². The molecule has 0 spiro atoms. The smallest absolute Gasteiger partial charge is 0.196 e. The number of nitrogens with one attached hydrogen (secondary N) is 1. The van der Waals surface area contributed by atoms with Crippen molar-refractivity contribution >= 4 is 23.8 Å².